The second-order valence-electron chi connectivity index (χ2n) is 4.52. The number of carbonyl (C=O) groups excluding carboxylic acids is 1. The number of benzene rings is 1. The Morgan fingerprint density at radius 2 is 1.95 bits per heavy atom. The van der Waals surface area contributed by atoms with Gasteiger partial charge in [-0.25, -0.2) is 0 Å². The highest BCUT2D eigenvalue weighted by atomic mass is 16.6. The Kier molecular flexibility index (Phi) is 9.53. The van der Waals surface area contributed by atoms with Crippen molar-refractivity contribution in [2.45, 2.75) is 33.6 Å². The molecule has 0 aromatic heterocycles. The summed E-state index contributed by atoms with van der Waals surface area (Å²) in [6, 6.07) is 2.92. The molecule has 124 valence electrons. The lowest BCUT2D eigenvalue weighted by Gasteiger charge is -2.11. The Balaban J connectivity index is 0.00000135. The molecule has 0 spiro atoms. The zero-order valence-electron chi connectivity index (χ0n) is 13.4. The fraction of sp³-hybridized carbons (Fsp3) is 0.533. The van der Waals surface area contributed by atoms with Gasteiger partial charge in [0.2, 0.25) is 0 Å². The second-order valence-corrected chi connectivity index (χ2v) is 4.52. The lowest BCUT2D eigenvalue weighted by Crippen LogP contribution is -2.03. The molecule has 0 aliphatic carbocycles. The van der Waals surface area contributed by atoms with Crippen LogP contribution in [0.5, 0.6) is 11.5 Å². The highest BCUT2D eigenvalue weighted by molar-refractivity contribution is 5.75. The SMILES string of the molecule is CCO.COc1cc(C)c([N+](=O)[O-])cc1OCCCC(C)=O. The van der Waals surface area contributed by atoms with E-state index < -0.39 is 4.92 Å². The number of aliphatic hydroxyl groups excluding tert-OH is 1. The summed E-state index contributed by atoms with van der Waals surface area (Å²) in [5.74, 6) is 0.861. The molecule has 0 saturated carbocycles. The van der Waals surface area contributed by atoms with Gasteiger partial charge in [-0.2, -0.15) is 0 Å². The van der Waals surface area contributed by atoms with E-state index >= 15 is 0 Å². The van der Waals surface area contributed by atoms with Crippen molar-refractivity contribution in [1.29, 1.82) is 0 Å². The molecule has 1 aromatic carbocycles. The van der Waals surface area contributed by atoms with Crippen molar-refractivity contribution in [3.63, 3.8) is 0 Å². The molecule has 0 heterocycles. The van der Waals surface area contributed by atoms with Gasteiger partial charge < -0.3 is 19.4 Å². The minimum absolute atomic E-state index is 0.0117. The van der Waals surface area contributed by atoms with Crippen LogP contribution in [0.25, 0.3) is 0 Å². The first kappa shape index (κ1) is 19.9. The van der Waals surface area contributed by atoms with Crippen molar-refractivity contribution in [2.75, 3.05) is 20.3 Å². The Hall–Kier alpha value is -2.15. The number of ether oxygens (including phenoxy) is 2. The van der Waals surface area contributed by atoms with Gasteiger partial charge in [0.1, 0.15) is 5.78 Å². The predicted octanol–water partition coefficient (Wildman–Crippen LogP) is 2.66. The summed E-state index contributed by atoms with van der Waals surface area (Å²) in [7, 11) is 1.48. The lowest BCUT2D eigenvalue weighted by atomic mass is 10.2. The van der Waals surface area contributed by atoms with Crippen LogP contribution in [-0.2, 0) is 4.79 Å². The van der Waals surface area contributed by atoms with Gasteiger partial charge in [0, 0.05) is 18.6 Å². The summed E-state index contributed by atoms with van der Waals surface area (Å²) in [6.45, 7) is 5.40. The summed E-state index contributed by atoms with van der Waals surface area (Å²) < 4.78 is 10.6. The zero-order chi connectivity index (χ0) is 17.1. The first-order valence-corrected chi connectivity index (χ1v) is 6.93. The smallest absolute Gasteiger partial charge is 0.276 e. The summed E-state index contributed by atoms with van der Waals surface area (Å²) in [5.41, 5.74) is 0.500. The molecule has 1 N–H and O–H groups in total. The molecule has 0 aliphatic heterocycles. The maximum absolute atomic E-state index is 10.9. The van der Waals surface area contributed by atoms with Crippen LogP contribution in [0.2, 0.25) is 0 Å². The van der Waals surface area contributed by atoms with Crippen LogP contribution >= 0.6 is 0 Å². The van der Waals surface area contributed by atoms with Crippen LogP contribution in [0.4, 0.5) is 5.69 Å². The van der Waals surface area contributed by atoms with Crippen molar-refractivity contribution in [3.05, 3.63) is 27.8 Å². The molecule has 7 nitrogen and oxygen atoms in total. The third-order valence-corrected chi connectivity index (χ3v) is 2.61. The van der Waals surface area contributed by atoms with Crippen molar-refractivity contribution in [3.8, 4) is 11.5 Å². The van der Waals surface area contributed by atoms with Crippen LogP contribution < -0.4 is 9.47 Å². The number of aliphatic hydroxyl groups is 1. The molecule has 0 fully saturated rings. The topological polar surface area (TPSA) is 98.9 Å². The van der Waals surface area contributed by atoms with Crippen molar-refractivity contribution in [1.82, 2.24) is 0 Å². The van der Waals surface area contributed by atoms with Gasteiger partial charge in [0.15, 0.2) is 11.5 Å². The number of rotatable bonds is 7. The molecule has 7 heteroatoms. The standard InChI is InChI=1S/C13H17NO5.C2H6O/c1-9-7-12(18-3)13(8-11(9)14(16)17)19-6-4-5-10(2)15;1-2-3/h7-8H,4-6H2,1-3H3;3H,2H2,1H3. The van der Waals surface area contributed by atoms with Crippen LogP contribution in [0, 0.1) is 17.0 Å². The third-order valence-electron chi connectivity index (χ3n) is 2.61. The number of ketones is 1. The molecular formula is C15H23NO6. The normalized spacial score (nSPS) is 9.50. The molecule has 1 rings (SSSR count). The Morgan fingerprint density at radius 3 is 2.41 bits per heavy atom. The molecule has 0 amide bonds. The molecule has 22 heavy (non-hydrogen) atoms. The van der Waals surface area contributed by atoms with Crippen LogP contribution in [-0.4, -0.2) is 36.1 Å². The first-order chi connectivity index (χ1) is 10.4. The Labute approximate surface area is 130 Å². The highest BCUT2D eigenvalue weighted by Crippen LogP contribution is 2.34. The van der Waals surface area contributed by atoms with Crippen LogP contribution in [0.3, 0.4) is 0 Å². The molecule has 0 saturated heterocycles. The minimum atomic E-state index is -0.461. The maximum Gasteiger partial charge on any atom is 0.276 e. The quantitative estimate of drug-likeness (QED) is 0.472. The minimum Gasteiger partial charge on any atom is -0.493 e. The number of methoxy groups -OCH3 is 1. The molecule has 0 atom stereocenters. The van der Waals surface area contributed by atoms with E-state index in [4.69, 9.17) is 14.6 Å². The molecule has 0 radical (unpaired) electrons. The van der Waals surface area contributed by atoms with Gasteiger partial charge in [0.05, 0.1) is 24.7 Å². The van der Waals surface area contributed by atoms with Gasteiger partial charge in [-0.15, -0.1) is 0 Å². The lowest BCUT2D eigenvalue weighted by molar-refractivity contribution is -0.385. The van der Waals surface area contributed by atoms with E-state index in [1.54, 1.807) is 19.9 Å². The summed E-state index contributed by atoms with van der Waals surface area (Å²) in [4.78, 5) is 21.2. The van der Waals surface area contributed by atoms with E-state index in [9.17, 15) is 14.9 Å². The monoisotopic (exact) mass is 313 g/mol. The molecule has 1 aromatic rings. The van der Waals surface area contributed by atoms with E-state index in [0.29, 0.717) is 36.5 Å². The molecule has 0 unspecified atom stereocenters. The number of aryl methyl sites for hydroxylation is 1. The number of hydrogen-bond donors (Lipinski definition) is 1. The number of carbonyl (C=O) groups is 1. The zero-order valence-corrected chi connectivity index (χ0v) is 13.4. The number of nitro benzene ring substituents is 1. The van der Waals surface area contributed by atoms with Gasteiger partial charge >= 0.3 is 0 Å². The van der Waals surface area contributed by atoms with E-state index in [2.05, 4.69) is 0 Å². The summed E-state index contributed by atoms with van der Waals surface area (Å²) in [6.07, 6.45) is 0.996. The van der Waals surface area contributed by atoms with E-state index in [1.807, 2.05) is 0 Å². The van der Waals surface area contributed by atoms with Crippen molar-refractivity contribution < 1.29 is 24.3 Å². The van der Waals surface area contributed by atoms with Gasteiger partial charge in [0.25, 0.3) is 5.69 Å². The van der Waals surface area contributed by atoms with Crippen molar-refractivity contribution >= 4 is 11.5 Å². The Bertz CT molecular complexity index is 501. The largest absolute Gasteiger partial charge is 0.493 e. The average molecular weight is 313 g/mol. The molecular weight excluding hydrogens is 290 g/mol. The van der Waals surface area contributed by atoms with E-state index in [0.717, 1.165) is 0 Å². The van der Waals surface area contributed by atoms with Gasteiger partial charge in [-0.05, 0) is 33.3 Å². The first-order valence-electron chi connectivity index (χ1n) is 6.93. The van der Waals surface area contributed by atoms with Gasteiger partial charge in [-0.3, -0.25) is 10.1 Å². The van der Waals surface area contributed by atoms with Crippen molar-refractivity contribution in [2.24, 2.45) is 0 Å². The second kappa shape index (κ2) is 10.6. The molecule has 0 bridgehead atoms. The predicted molar refractivity (Wildman–Crippen MR) is 82.6 cm³/mol. The Morgan fingerprint density at radius 1 is 1.36 bits per heavy atom. The van der Waals surface area contributed by atoms with Crippen LogP contribution in [0.15, 0.2) is 12.1 Å². The van der Waals surface area contributed by atoms with Gasteiger partial charge in [-0.1, -0.05) is 0 Å². The number of nitrogens with zero attached hydrogens (tertiary/aromatic N) is 1. The fourth-order valence-corrected chi connectivity index (χ4v) is 1.62. The number of Topliss-reactive ketones (excluding diaryl/α,β-unsaturated/α-hetero) is 1. The fourth-order valence-electron chi connectivity index (χ4n) is 1.62. The summed E-state index contributed by atoms with van der Waals surface area (Å²) in [5, 5.41) is 18.4. The number of nitro groups is 1. The van der Waals surface area contributed by atoms with Crippen LogP contribution in [0.1, 0.15) is 32.3 Å². The third kappa shape index (κ3) is 7.03. The van der Waals surface area contributed by atoms with E-state index in [-0.39, 0.29) is 18.1 Å². The average Bonchev–Trinajstić information content (AvgIpc) is 2.44. The molecule has 0 aliphatic rings. The number of hydrogen-bond acceptors (Lipinski definition) is 6. The summed E-state index contributed by atoms with van der Waals surface area (Å²) >= 11 is 0. The highest BCUT2D eigenvalue weighted by Gasteiger charge is 2.16. The maximum atomic E-state index is 10.9. The van der Waals surface area contributed by atoms with E-state index in [1.165, 1.54) is 20.1 Å².